The van der Waals surface area contributed by atoms with Crippen LogP contribution in [0.25, 0.3) is 32.9 Å². The third kappa shape index (κ3) is 4.03. The molecule has 37 heavy (non-hydrogen) atoms. The van der Waals surface area contributed by atoms with Crippen molar-refractivity contribution in [3.63, 3.8) is 0 Å². The fourth-order valence-corrected chi connectivity index (χ4v) is 5.93. The van der Waals surface area contributed by atoms with E-state index >= 15 is 0 Å². The second-order valence-electron chi connectivity index (χ2n) is 9.83. The van der Waals surface area contributed by atoms with Gasteiger partial charge >= 0.3 is 0 Å². The number of fused-ring (bicyclic) bond motifs is 5. The highest BCUT2D eigenvalue weighted by molar-refractivity contribution is 6.36. The average molecular weight is 518 g/mol. The van der Waals surface area contributed by atoms with Gasteiger partial charge in [-0.2, -0.15) is 0 Å². The first-order valence-corrected chi connectivity index (χ1v) is 13.1. The number of aromatic hydroxyl groups is 1. The molecule has 0 unspecified atom stereocenters. The number of aromatic nitrogens is 1. The molecule has 7 nitrogen and oxygen atoms in total. The molecule has 0 aliphatic carbocycles. The standard InChI is InChI=1S/C29H28ClN3O4/c1-32-21-16-24(37-13-7-6-12-33-10-4-5-11-33)23(34)15-19(21)25-22(32)14-18(17-8-2-3-9-20(17)30)26-27(25)29(36)31-28(26)35/h2-3,8-9,14-16,34H,4-7,10-13H2,1H3,(H,31,35,36). The summed E-state index contributed by atoms with van der Waals surface area (Å²) >= 11 is 6.49. The van der Waals surface area contributed by atoms with Gasteiger partial charge in [0.15, 0.2) is 11.5 Å². The summed E-state index contributed by atoms with van der Waals surface area (Å²) in [6, 6.07) is 12.6. The summed E-state index contributed by atoms with van der Waals surface area (Å²) in [5.41, 5.74) is 3.44. The minimum Gasteiger partial charge on any atom is -0.504 e. The summed E-state index contributed by atoms with van der Waals surface area (Å²) in [6.07, 6.45) is 4.53. The Balaban J connectivity index is 1.40. The number of carbonyl (C=O) groups excluding carboxylic acids is 2. The molecule has 2 aliphatic heterocycles. The quantitative estimate of drug-likeness (QED) is 0.250. The van der Waals surface area contributed by atoms with Crippen molar-refractivity contribution >= 4 is 45.2 Å². The van der Waals surface area contributed by atoms with Crippen LogP contribution in [0.1, 0.15) is 46.4 Å². The van der Waals surface area contributed by atoms with Crippen LogP contribution in [0.15, 0.2) is 42.5 Å². The number of nitrogens with one attached hydrogen (secondary N) is 1. The Bertz CT molecular complexity index is 1570. The third-order valence-corrected chi connectivity index (χ3v) is 7.88. The maximum Gasteiger partial charge on any atom is 0.259 e. The second-order valence-corrected chi connectivity index (χ2v) is 10.2. The summed E-state index contributed by atoms with van der Waals surface area (Å²) in [6.45, 7) is 3.97. The fraction of sp³-hybridized carbons (Fsp3) is 0.310. The van der Waals surface area contributed by atoms with Crippen molar-refractivity contribution in [3.8, 4) is 22.6 Å². The largest absolute Gasteiger partial charge is 0.504 e. The van der Waals surface area contributed by atoms with Crippen molar-refractivity contribution in [1.82, 2.24) is 14.8 Å². The van der Waals surface area contributed by atoms with E-state index < -0.39 is 11.8 Å². The number of halogens is 1. The molecule has 6 rings (SSSR count). The molecule has 1 saturated heterocycles. The van der Waals surface area contributed by atoms with Crippen LogP contribution in [0.5, 0.6) is 11.5 Å². The number of hydrogen-bond acceptors (Lipinski definition) is 5. The van der Waals surface area contributed by atoms with Gasteiger partial charge in [-0.25, -0.2) is 0 Å². The Labute approximate surface area is 219 Å². The molecule has 0 saturated carbocycles. The van der Waals surface area contributed by atoms with E-state index in [1.165, 1.54) is 25.9 Å². The van der Waals surface area contributed by atoms with Gasteiger partial charge in [0.25, 0.3) is 11.8 Å². The van der Waals surface area contributed by atoms with E-state index in [0.29, 0.717) is 50.4 Å². The smallest absolute Gasteiger partial charge is 0.259 e. The molecule has 0 atom stereocenters. The van der Waals surface area contributed by atoms with Gasteiger partial charge in [-0.15, -0.1) is 0 Å². The number of benzene rings is 3. The van der Waals surface area contributed by atoms with Crippen molar-refractivity contribution in [2.24, 2.45) is 7.05 Å². The molecule has 2 N–H and O–H groups in total. The predicted molar refractivity (Wildman–Crippen MR) is 145 cm³/mol. The van der Waals surface area contributed by atoms with Crippen LogP contribution in [-0.4, -0.2) is 52.6 Å². The maximum absolute atomic E-state index is 13.0. The number of phenols is 1. The maximum atomic E-state index is 13.0. The molecule has 0 spiro atoms. The number of hydrogen-bond donors (Lipinski definition) is 2. The van der Waals surface area contributed by atoms with Crippen LogP contribution in [0.3, 0.4) is 0 Å². The van der Waals surface area contributed by atoms with Crippen molar-refractivity contribution in [2.75, 3.05) is 26.2 Å². The van der Waals surface area contributed by atoms with E-state index in [2.05, 4.69) is 10.2 Å². The van der Waals surface area contributed by atoms with Crippen LogP contribution >= 0.6 is 11.6 Å². The van der Waals surface area contributed by atoms with E-state index in [9.17, 15) is 14.7 Å². The monoisotopic (exact) mass is 517 g/mol. The first-order chi connectivity index (χ1) is 17.9. The minimum atomic E-state index is -0.454. The molecule has 1 fully saturated rings. The van der Waals surface area contributed by atoms with Gasteiger partial charge in [0.05, 0.1) is 28.8 Å². The number of carbonyl (C=O) groups is 2. The molecule has 4 aromatic rings. The summed E-state index contributed by atoms with van der Waals surface area (Å²) in [4.78, 5) is 28.4. The average Bonchev–Trinajstić information content (AvgIpc) is 3.57. The van der Waals surface area contributed by atoms with Crippen LogP contribution in [0.4, 0.5) is 0 Å². The van der Waals surface area contributed by atoms with Gasteiger partial charge in [0.1, 0.15) is 0 Å². The van der Waals surface area contributed by atoms with E-state index in [1.807, 2.05) is 35.9 Å². The summed E-state index contributed by atoms with van der Waals surface area (Å²) in [5, 5.41) is 15.1. The second kappa shape index (κ2) is 9.39. The van der Waals surface area contributed by atoms with Crippen molar-refractivity contribution < 1.29 is 19.4 Å². The van der Waals surface area contributed by atoms with Crippen molar-refractivity contribution in [2.45, 2.75) is 25.7 Å². The number of amides is 2. The number of phenolic OH excluding ortho intramolecular Hbond substituents is 1. The lowest BCUT2D eigenvalue weighted by Gasteiger charge is -2.14. The summed E-state index contributed by atoms with van der Waals surface area (Å²) in [5.74, 6) is -0.493. The van der Waals surface area contributed by atoms with Gasteiger partial charge in [-0.05, 0) is 69.1 Å². The summed E-state index contributed by atoms with van der Waals surface area (Å²) < 4.78 is 7.93. The number of likely N-dealkylation sites (tertiary alicyclic amines) is 1. The fourth-order valence-electron chi connectivity index (χ4n) is 5.70. The molecule has 3 aromatic carbocycles. The Kier molecular flexibility index (Phi) is 6.05. The molecular formula is C29H28ClN3O4. The Morgan fingerprint density at radius 1 is 0.973 bits per heavy atom. The first-order valence-electron chi connectivity index (χ1n) is 12.7. The van der Waals surface area contributed by atoms with E-state index in [-0.39, 0.29) is 5.75 Å². The number of unbranched alkanes of at least 4 members (excludes halogenated alkanes) is 1. The van der Waals surface area contributed by atoms with Crippen LogP contribution in [-0.2, 0) is 7.05 Å². The molecule has 0 radical (unpaired) electrons. The van der Waals surface area contributed by atoms with E-state index in [1.54, 1.807) is 18.2 Å². The van der Waals surface area contributed by atoms with Crippen molar-refractivity contribution in [3.05, 3.63) is 58.6 Å². The normalized spacial score (nSPS) is 15.6. The number of aryl methyl sites for hydroxylation is 1. The minimum absolute atomic E-state index is 0.00760. The number of ether oxygens (including phenoxy) is 1. The zero-order valence-electron chi connectivity index (χ0n) is 20.6. The molecule has 190 valence electrons. The highest BCUT2D eigenvalue weighted by Crippen LogP contribution is 2.44. The Hall–Kier alpha value is -3.55. The molecule has 8 heteroatoms. The highest BCUT2D eigenvalue weighted by atomic mass is 35.5. The lowest BCUT2D eigenvalue weighted by molar-refractivity contribution is 0.0880. The van der Waals surface area contributed by atoms with Crippen LogP contribution in [0, 0.1) is 0 Å². The van der Waals surface area contributed by atoms with Gasteiger partial charge in [-0.1, -0.05) is 29.8 Å². The zero-order valence-corrected chi connectivity index (χ0v) is 21.4. The zero-order chi connectivity index (χ0) is 25.7. The summed E-state index contributed by atoms with van der Waals surface area (Å²) in [7, 11) is 1.90. The topological polar surface area (TPSA) is 83.8 Å². The van der Waals surface area contributed by atoms with E-state index in [0.717, 1.165) is 30.4 Å². The number of nitrogens with zero attached hydrogens (tertiary/aromatic N) is 2. The van der Waals surface area contributed by atoms with Gasteiger partial charge in [-0.3, -0.25) is 14.9 Å². The lowest BCUT2D eigenvalue weighted by Crippen LogP contribution is -2.20. The third-order valence-electron chi connectivity index (χ3n) is 7.55. The first kappa shape index (κ1) is 23.8. The molecular weight excluding hydrogens is 490 g/mol. The number of imide groups is 1. The molecule has 0 bridgehead atoms. The van der Waals surface area contributed by atoms with Gasteiger partial charge in [0, 0.05) is 34.5 Å². The SMILES string of the molecule is Cn1c2cc(OCCCCN3CCCC3)c(O)cc2c2c3c(c(-c4ccccc4Cl)cc21)C(=O)NC3=O. The highest BCUT2D eigenvalue weighted by Gasteiger charge is 2.34. The van der Waals surface area contributed by atoms with Crippen molar-refractivity contribution in [1.29, 1.82) is 0 Å². The Morgan fingerprint density at radius 2 is 1.73 bits per heavy atom. The van der Waals surface area contributed by atoms with Gasteiger partial charge in [0.2, 0.25) is 0 Å². The molecule has 2 amide bonds. The van der Waals surface area contributed by atoms with Crippen LogP contribution < -0.4 is 10.1 Å². The Morgan fingerprint density at radius 3 is 2.51 bits per heavy atom. The van der Waals surface area contributed by atoms with Crippen LogP contribution in [0.2, 0.25) is 5.02 Å². The molecule has 1 aromatic heterocycles. The molecule has 3 heterocycles. The van der Waals surface area contributed by atoms with Gasteiger partial charge < -0.3 is 19.3 Å². The molecule has 2 aliphatic rings. The lowest BCUT2D eigenvalue weighted by atomic mass is 9.93. The predicted octanol–water partition coefficient (Wildman–Crippen LogP) is 5.50. The van der Waals surface area contributed by atoms with E-state index in [4.69, 9.17) is 16.3 Å². The number of rotatable bonds is 7.